The standard InChI is InChI=1S/C20H19N3O4S/c1-12-7-8-15-14(9-12)10-16(28-15)19(25)26-11-17(24)21-20-23-22-18(27-20)13-5-3-2-4-6-13/h2-6,10,12H,7-9,11H2,1H3,(H,21,23,24)/t12-/m0/s1. The minimum Gasteiger partial charge on any atom is -0.451 e. The van der Waals surface area contributed by atoms with Gasteiger partial charge in [0.1, 0.15) is 4.88 Å². The number of thiophene rings is 1. The van der Waals surface area contributed by atoms with Gasteiger partial charge in [-0.2, -0.15) is 0 Å². The quantitative estimate of drug-likeness (QED) is 0.660. The van der Waals surface area contributed by atoms with Gasteiger partial charge in [-0.05, 0) is 48.9 Å². The predicted octanol–water partition coefficient (Wildman–Crippen LogP) is 3.72. The Kier molecular flexibility index (Phi) is 5.21. The van der Waals surface area contributed by atoms with Gasteiger partial charge in [0.05, 0.1) is 0 Å². The average Bonchev–Trinajstić information content (AvgIpc) is 3.33. The van der Waals surface area contributed by atoms with E-state index in [-0.39, 0.29) is 6.01 Å². The van der Waals surface area contributed by atoms with Gasteiger partial charge in [0, 0.05) is 10.4 Å². The van der Waals surface area contributed by atoms with E-state index in [4.69, 9.17) is 9.15 Å². The molecular formula is C20H19N3O4S. The van der Waals surface area contributed by atoms with Crippen LogP contribution in [-0.2, 0) is 22.4 Å². The summed E-state index contributed by atoms with van der Waals surface area (Å²) in [5.41, 5.74) is 1.97. The Morgan fingerprint density at radius 1 is 1.29 bits per heavy atom. The summed E-state index contributed by atoms with van der Waals surface area (Å²) in [5.74, 6) is -0.0949. The molecule has 2 heterocycles. The largest absolute Gasteiger partial charge is 0.451 e. The number of anilines is 1. The van der Waals surface area contributed by atoms with Gasteiger partial charge in [-0.15, -0.1) is 16.4 Å². The van der Waals surface area contributed by atoms with Gasteiger partial charge >= 0.3 is 12.0 Å². The highest BCUT2D eigenvalue weighted by Crippen LogP contribution is 2.32. The molecule has 1 atom stereocenters. The molecule has 1 aliphatic rings. The lowest BCUT2D eigenvalue weighted by atomic mass is 9.90. The molecule has 0 saturated carbocycles. The van der Waals surface area contributed by atoms with Crippen LogP contribution in [0.3, 0.4) is 0 Å². The first kappa shape index (κ1) is 18.4. The molecule has 0 radical (unpaired) electrons. The van der Waals surface area contributed by atoms with E-state index < -0.39 is 18.5 Å². The Morgan fingerprint density at radius 2 is 2.11 bits per heavy atom. The Labute approximate surface area is 165 Å². The molecule has 7 nitrogen and oxygen atoms in total. The molecular weight excluding hydrogens is 378 g/mol. The van der Waals surface area contributed by atoms with Crippen molar-refractivity contribution in [3.8, 4) is 11.5 Å². The summed E-state index contributed by atoms with van der Waals surface area (Å²) in [6.45, 7) is 1.80. The average molecular weight is 397 g/mol. The molecule has 3 aromatic rings. The Hall–Kier alpha value is -3.00. The van der Waals surface area contributed by atoms with E-state index in [9.17, 15) is 9.59 Å². The van der Waals surface area contributed by atoms with Crippen molar-refractivity contribution >= 4 is 29.2 Å². The lowest BCUT2D eigenvalue weighted by Gasteiger charge is -2.16. The minimum atomic E-state index is -0.536. The minimum absolute atomic E-state index is 0.0412. The van der Waals surface area contributed by atoms with Gasteiger partial charge in [0.25, 0.3) is 5.91 Å². The van der Waals surface area contributed by atoms with Crippen LogP contribution in [-0.4, -0.2) is 28.7 Å². The summed E-state index contributed by atoms with van der Waals surface area (Å²) in [7, 11) is 0. The number of carbonyl (C=O) groups excluding carboxylic acids is 2. The Balaban J connectivity index is 1.31. The number of aromatic nitrogens is 2. The molecule has 0 unspecified atom stereocenters. The number of rotatable bonds is 5. The molecule has 1 N–H and O–H groups in total. The molecule has 0 aliphatic heterocycles. The van der Waals surface area contributed by atoms with Crippen LogP contribution in [0.4, 0.5) is 6.01 Å². The highest BCUT2D eigenvalue weighted by molar-refractivity contribution is 7.14. The van der Waals surface area contributed by atoms with Gasteiger partial charge in [-0.25, -0.2) is 4.79 Å². The maximum atomic E-state index is 12.2. The zero-order valence-electron chi connectivity index (χ0n) is 15.3. The lowest BCUT2D eigenvalue weighted by Crippen LogP contribution is -2.20. The number of aryl methyl sites for hydroxylation is 1. The van der Waals surface area contributed by atoms with E-state index in [0.29, 0.717) is 16.7 Å². The van der Waals surface area contributed by atoms with E-state index in [1.165, 1.54) is 21.8 Å². The number of esters is 1. The van der Waals surface area contributed by atoms with Gasteiger partial charge < -0.3 is 9.15 Å². The van der Waals surface area contributed by atoms with Gasteiger partial charge in [-0.3, -0.25) is 10.1 Å². The van der Waals surface area contributed by atoms with Crippen molar-refractivity contribution in [2.24, 2.45) is 5.92 Å². The molecule has 28 heavy (non-hydrogen) atoms. The molecule has 1 amide bonds. The smallest absolute Gasteiger partial charge is 0.348 e. The van der Waals surface area contributed by atoms with Crippen LogP contribution >= 0.6 is 11.3 Å². The van der Waals surface area contributed by atoms with Crippen LogP contribution < -0.4 is 5.32 Å². The van der Waals surface area contributed by atoms with Crippen molar-refractivity contribution in [2.75, 3.05) is 11.9 Å². The first-order chi connectivity index (χ1) is 13.6. The normalized spacial score (nSPS) is 15.7. The third kappa shape index (κ3) is 4.12. The number of nitrogens with zero attached hydrogens (tertiary/aromatic N) is 2. The predicted molar refractivity (Wildman–Crippen MR) is 104 cm³/mol. The second-order valence-corrected chi connectivity index (χ2v) is 7.95. The third-order valence-electron chi connectivity index (χ3n) is 4.56. The molecule has 1 aliphatic carbocycles. The van der Waals surface area contributed by atoms with Crippen LogP contribution in [0.2, 0.25) is 0 Å². The molecule has 0 bridgehead atoms. The molecule has 0 saturated heterocycles. The van der Waals surface area contributed by atoms with Crippen LogP contribution in [0.5, 0.6) is 0 Å². The number of carbonyl (C=O) groups is 2. The van der Waals surface area contributed by atoms with E-state index >= 15 is 0 Å². The fraction of sp³-hybridized carbons (Fsp3) is 0.300. The van der Waals surface area contributed by atoms with Crippen LogP contribution in [0.15, 0.2) is 40.8 Å². The van der Waals surface area contributed by atoms with Crippen molar-refractivity contribution in [1.29, 1.82) is 0 Å². The number of fused-ring (bicyclic) bond motifs is 1. The first-order valence-electron chi connectivity index (χ1n) is 9.06. The monoisotopic (exact) mass is 397 g/mol. The number of amides is 1. The zero-order chi connectivity index (χ0) is 19.5. The first-order valence-corrected chi connectivity index (χ1v) is 9.87. The summed E-state index contributed by atoms with van der Waals surface area (Å²) in [6, 6.07) is 11.1. The second kappa shape index (κ2) is 7.93. The summed E-state index contributed by atoms with van der Waals surface area (Å²) in [6.07, 6.45) is 3.12. The molecule has 2 aromatic heterocycles. The Morgan fingerprint density at radius 3 is 2.93 bits per heavy atom. The van der Waals surface area contributed by atoms with Crippen LogP contribution in [0.25, 0.3) is 11.5 Å². The molecule has 8 heteroatoms. The SMILES string of the molecule is C[C@H]1CCc2sc(C(=O)OCC(=O)Nc3nnc(-c4ccccc4)o3)cc2C1. The lowest BCUT2D eigenvalue weighted by molar-refractivity contribution is -0.119. The Bertz CT molecular complexity index is 996. The number of benzene rings is 1. The number of ether oxygens (including phenoxy) is 1. The van der Waals surface area contributed by atoms with Crippen molar-refractivity contribution in [3.63, 3.8) is 0 Å². The van der Waals surface area contributed by atoms with Gasteiger partial charge in [0.15, 0.2) is 6.61 Å². The fourth-order valence-electron chi connectivity index (χ4n) is 3.14. The second-order valence-electron chi connectivity index (χ2n) is 6.81. The molecule has 4 rings (SSSR count). The molecule has 0 spiro atoms. The third-order valence-corrected chi connectivity index (χ3v) is 5.77. The molecule has 0 fully saturated rings. The van der Waals surface area contributed by atoms with Crippen LogP contribution in [0, 0.1) is 5.92 Å². The number of hydrogen-bond donors (Lipinski definition) is 1. The zero-order valence-corrected chi connectivity index (χ0v) is 16.1. The highest BCUT2D eigenvalue weighted by Gasteiger charge is 2.22. The van der Waals surface area contributed by atoms with Crippen molar-refractivity contribution in [2.45, 2.75) is 26.2 Å². The van der Waals surface area contributed by atoms with Gasteiger partial charge in [-0.1, -0.05) is 30.2 Å². The van der Waals surface area contributed by atoms with E-state index in [1.54, 1.807) is 0 Å². The fourth-order valence-corrected chi connectivity index (χ4v) is 4.24. The molecule has 1 aromatic carbocycles. The van der Waals surface area contributed by atoms with Crippen LogP contribution in [0.1, 0.15) is 33.5 Å². The van der Waals surface area contributed by atoms with E-state index in [0.717, 1.165) is 24.8 Å². The molecule has 144 valence electrons. The topological polar surface area (TPSA) is 94.3 Å². The summed E-state index contributed by atoms with van der Waals surface area (Å²) in [5, 5.41) is 10.1. The van der Waals surface area contributed by atoms with Crippen molar-refractivity contribution in [3.05, 3.63) is 51.7 Å². The van der Waals surface area contributed by atoms with Gasteiger partial charge in [0.2, 0.25) is 5.89 Å². The summed E-state index contributed by atoms with van der Waals surface area (Å²) >= 11 is 1.45. The van der Waals surface area contributed by atoms with Crippen molar-refractivity contribution < 1.29 is 18.7 Å². The highest BCUT2D eigenvalue weighted by atomic mass is 32.1. The maximum absolute atomic E-state index is 12.2. The summed E-state index contributed by atoms with van der Waals surface area (Å²) in [4.78, 5) is 26.0. The number of hydrogen-bond acceptors (Lipinski definition) is 7. The van der Waals surface area contributed by atoms with Crippen molar-refractivity contribution in [1.82, 2.24) is 10.2 Å². The number of nitrogens with one attached hydrogen (secondary N) is 1. The maximum Gasteiger partial charge on any atom is 0.348 e. The van der Waals surface area contributed by atoms with E-state index in [1.807, 2.05) is 36.4 Å². The van der Waals surface area contributed by atoms with E-state index in [2.05, 4.69) is 22.4 Å². The summed E-state index contributed by atoms with van der Waals surface area (Å²) < 4.78 is 10.5.